The van der Waals surface area contributed by atoms with Crippen LogP contribution in [0.15, 0.2) is 21.7 Å². The molecule has 90 valence electrons. The summed E-state index contributed by atoms with van der Waals surface area (Å²) in [5.41, 5.74) is 0.423. The van der Waals surface area contributed by atoms with Gasteiger partial charge >= 0.3 is 0 Å². The Morgan fingerprint density at radius 3 is 2.59 bits per heavy atom. The number of sulfonamides is 1. The van der Waals surface area contributed by atoms with Crippen LogP contribution in [-0.2, 0) is 14.8 Å². The lowest BCUT2D eigenvalue weighted by molar-refractivity contribution is -0.114. The van der Waals surface area contributed by atoms with Crippen molar-refractivity contribution < 1.29 is 17.8 Å². The van der Waals surface area contributed by atoms with Crippen molar-refractivity contribution in [3.8, 4) is 0 Å². The van der Waals surface area contributed by atoms with Crippen LogP contribution < -0.4 is 10.5 Å². The predicted octanol–water partition coefficient (Wildman–Crippen LogP) is -0.171. The zero-order valence-electron chi connectivity index (χ0n) is 8.67. The van der Waals surface area contributed by atoms with E-state index in [2.05, 4.69) is 20.3 Å². The maximum atomic E-state index is 11.3. The van der Waals surface area contributed by atoms with Crippen molar-refractivity contribution >= 4 is 32.7 Å². The van der Waals surface area contributed by atoms with Gasteiger partial charge in [0.2, 0.25) is 15.9 Å². The molecule has 1 aromatic carbocycles. The zero-order chi connectivity index (χ0) is 12.6. The highest BCUT2D eigenvalue weighted by atomic mass is 32.2. The van der Waals surface area contributed by atoms with Crippen LogP contribution in [0.4, 0.5) is 5.69 Å². The first-order chi connectivity index (χ1) is 7.89. The topological polar surface area (TPSA) is 128 Å². The fourth-order valence-electron chi connectivity index (χ4n) is 1.36. The molecule has 0 fully saturated rings. The molecule has 0 bridgehead atoms. The molecule has 0 atom stereocenters. The Labute approximate surface area is 95.8 Å². The van der Waals surface area contributed by atoms with Crippen LogP contribution >= 0.6 is 0 Å². The Morgan fingerprint density at radius 1 is 1.35 bits per heavy atom. The number of hydrogen-bond acceptors (Lipinski definition) is 6. The molecule has 8 nitrogen and oxygen atoms in total. The fourth-order valence-corrected chi connectivity index (χ4v) is 2.03. The molecule has 0 aliphatic heterocycles. The number of hydrogen-bond donors (Lipinski definition) is 2. The van der Waals surface area contributed by atoms with Gasteiger partial charge in [0, 0.05) is 6.92 Å². The van der Waals surface area contributed by atoms with Crippen LogP contribution in [0, 0.1) is 0 Å². The van der Waals surface area contributed by atoms with Gasteiger partial charge in [-0.25, -0.2) is 18.2 Å². The van der Waals surface area contributed by atoms with E-state index >= 15 is 0 Å². The van der Waals surface area contributed by atoms with Crippen LogP contribution in [0.2, 0.25) is 0 Å². The molecule has 1 amide bonds. The van der Waals surface area contributed by atoms with Gasteiger partial charge in [0.25, 0.3) is 0 Å². The normalized spacial score (nSPS) is 11.6. The van der Waals surface area contributed by atoms with Crippen LogP contribution in [0.1, 0.15) is 6.92 Å². The van der Waals surface area contributed by atoms with E-state index < -0.39 is 10.0 Å². The number of nitrogens with two attached hydrogens (primary N) is 1. The number of aromatic nitrogens is 2. The number of primary sulfonamides is 1. The van der Waals surface area contributed by atoms with Crippen molar-refractivity contribution in [1.82, 2.24) is 10.3 Å². The van der Waals surface area contributed by atoms with E-state index in [0.717, 1.165) is 0 Å². The summed E-state index contributed by atoms with van der Waals surface area (Å²) >= 11 is 0. The van der Waals surface area contributed by atoms with Crippen LogP contribution in [0.5, 0.6) is 0 Å². The Bertz CT molecular complexity index is 691. The molecule has 3 N–H and O–H groups in total. The van der Waals surface area contributed by atoms with Crippen LogP contribution in [-0.4, -0.2) is 24.6 Å². The van der Waals surface area contributed by atoms with E-state index in [1.54, 1.807) is 0 Å². The highest BCUT2D eigenvalue weighted by molar-refractivity contribution is 7.89. The van der Waals surface area contributed by atoms with Gasteiger partial charge in [0.05, 0.1) is 5.69 Å². The molecule has 0 radical (unpaired) electrons. The molecular formula is C8H8N4O4S. The average Bonchev–Trinajstić information content (AvgIpc) is 2.63. The zero-order valence-corrected chi connectivity index (χ0v) is 9.48. The van der Waals surface area contributed by atoms with Gasteiger partial charge < -0.3 is 5.32 Å². The lowest BCUT2D eigenvalue weighted by atomic mass is 10.2. The summed E-state index contributed by atoms with van der Waals surface area (Å²) in [7, 11) is -3.92. The molecule has 0 unspecified atom stereocenters. The lowest BCUT2D eigenvalue weighted by Gasteiger charge is -2.03. The third kappa shape index (κ3) is 2.10. The van der Waals surface area contributed by atoms with Crippen molar-refractivity contribution in [2.24, 2.45) is 5.14 Å². The minimum absolute atomic E-state index is 0.0150. The SMILES string of the molecule is CC(=O)Nc1ccc(S(N)(=O)=O)c2nonc12. The second kappa shape index (κ2) is 3.79. The number of benzene rings is 1. The monoisotopic (exact) mass is 256 g/mol. The van der Waals surface area contributed by atoms with Gasteiger partial charge in [0.15, 0.2) is 11.0 Å². The van der Waals surface area contributed by atoms with E-state index in [1.165, 1.54) is 19.1 Å². The third-order valence-electron chi connectivity index (χ3n) is 2.00. The molecule has 0 spiro atoms. The quantitative estimate of drug-likeness (QED) is 0.767. The predicted molar refractivity (Wildman–Crippen MR) is 57.5 cm³/mol. The van der Waals surface area contributed by atoms with E-state index in [1.807, 2.05) is 0 Å². The number of carbonyl (C=O) groups excluding carboxylic acids is 1. The Kier molecular flexibility index (Phi) is 2.56. The van der Waals surface area contributed by atoms with Gasteiger partial charge in [-0.05, 0) is 22.4 Å². The second-order valence-corrected chi connectivity index (χ2v) is 4.83. The Balaban J connectivity index is 2.71. The summed E-state index contributed by atoms with van der Waals surface area (Å²) in [5.74, 6) is -0.322. The van der Waals surface area contributed by atoms with Crippen molar-refractivity contribution in [3.05, 3.63) is 12.1 Å². The molecule has 9 heteroatoms. The molecule has 1 heterocycles. The number of carbonyl (C=O) groups is 1. The molecule has 0 saturated heterocycles. The largest absolute Gasteiger partial charge is 0.324 e. The van der Waals surface area contributed by atoms with Gasteiger partial charge in [-0.1, -0.05) is 0 Å². The van der Waals surface area contributed by atoms with Gasteiger partial charge in [-0.2, -0.15) is 0 Å². The van der Waals surface area contributed by atoms with Gasteiger partial charge in [-0.15, -0.1) is 0 Å². The van der Waals surface area contributed by atoms with Crippen molar-refractivity contribution in [2.75, 3.05) is 5.32 Å². The summed E-state index contributed by atoms with van der Waals surface area (Å²) in [6.07, 6.45) is 0. The maximum absolute atomic E-state index is 11.3. The number of fused-ring (bicyclic) bond motifs is 1. The Hall–Kier alpha value is -2.00. The Morgan fingerprint density at radius 2 is 2.00 bits per heavy atom. The summed E-state index contributed by atoms with van der Waals surface area (Å²) in [4.78, 5) is 10.7. The third-order valence-corrected chi connectivity index (χ3v) is 2.94. The molecule has 0 saturated carbocycles. The number of rotatable bonds is 2. The van der Waals surface area contributed by atoms with E-state index in [0.29, 0.717) is 5.69 Å². The average molecular weight is 256 g/mol. The number of anilines is 1. The molecule has 1 aromatic heterocycles. The van der Waals surface area contributed by atoms with Gasteiger partial charge in [-0.3, -0.25) is 4.79 Å². The van der Waals surface area contributed by atoms with Gasteiger partial charge in [0.1, 0.15) is 4.90 Å². The summed E-state index contributed by atoms with van der Waals surface area (Å²) in [6.45, 7) is 1.31. The van der Waals surface area contributed by atoms with Crippen molar-refractivity contribution in [1.29, 1.82) is 0 Å². The lowest BCUT2D eigenvalue weighted by Crippen LogP contribution is -2.13. The highest BCUT2D eigenvalue weighted by Crippen LogP contribution is 2.25. The summed E-state index contributed by atoms with van der Waals surface area (Å²) in [6, 6.07) is 2.60. The van der Waals surface area contributed by atoms with Crippen LogP contribution in [0.25, 0.3) is 11.0 Å². The smallest absolute Gasteiger partial charge is 0.240 e. The summed E-state index contributed by atoms with van der Waals surface area (Å²) < 4.78 is 27.0. The van der Waals surface area contributed by atoms with E-state index in [4.69, 9.17) is 5.14 Å². The first kappa shape index (κ1) is 11.5. The molecule has 2 rings (SSSR count). The molecule has 2 aromatic rings. The standard InChI is InChI=1S/C8H8N4O4S/c1-4(13)10-5-2-3-6(17(9,14)15)8-7(5)11-16-12-8/h2-3H,1H3,(H,10,13)(H2,9,14,15). The van der Waals surface area contributed by atoms with E-state index in [9.17, 15) is 13.2 Å². The van der Waals surface area contributed by atoms with Crippen molar-refractivity contribution in [2.45, 2.75) is 11.8 Å². The number of nitrogens with one attached hydrogen (secondary N) is 1. The number of nitrogens with zero attached hydrogens (tertiary/aromatic N) is 2. The summed E-state index contributed by atoms with van der Waals surface area (Å²) in [5, 5.41) is 14.5. The minimum Gasteiger partial charge on any atom is -0.324 e. The second-order valence-electron chi connectivity index (χ2n) is 3.30. The first-order valence-electron chi connectivity index (χ1n) is 4.45. The van der Waals surface area contributed by atoms with Crippen LogP contribution in [0.3, 0.4) is 0 Å². The fraction of sp³-hybridized carbons (Fsp3) is 0.125. The molecule has 17 heavy (non-hydrogen) atoms. The molecule has 0 aliphatic carbocycles. The minimum atomic E-state index is -3.92. The maximum Gasteiger partial charge on any atom is 0.240 e. The molecule has 0 aliphatic rings. The number of amides is 1. The van der Waals surface area contributed by atoms with E-state index in [-0.39, 0.29) is 21.8 Å². The highest BCUT2D eigenvalue weighted by Gasteiger charge is 2.19. The first-order valence-corrected chi connectivity index (χ1v) is 6.00. The van der Waals surface area contributed by atoms with Crippen molar-refractivity contribution in [3.63, 3.8) is 0 Å². The molecular weight excluding hydrogens is 248 g/mol.